The van der Waals surface area contributed by atoms with E-state index in [2.05, 4.69) is 14.3 Å². The van der Waals surface area contributed by atoms with Crippen molar-refractivity contribution in [3.05, 3.63) is 36.6 Å². The van der Waals surface area contributed by atoms with Gasteiger partial charge in [0.2, 0.25) is 0 Å². The molecule has 0 atom stereocenters. The highest BCUT2D eigenvalue weighted by atomic mass is 35.5. The predicted molar refractivity (Wildman–Crippen MR) is 51.0 cm³/mol. The molecule has 0 amide bonds. The van der Waals surface area contributed by atoms with Crippen LogP contribution in [0.3, 0.4) is 0 Å². The highest BCUT2D eigenvalue weighted by Gasteiger charge is 2.15. The number of aromatic nitrogens is 2. The summed E-state index contributed by atoms with van der Waals surface area (Å²) in [6.45, 7) is 0. The first kappa shape index (κ1) is 9.67. The quantitative estimate of drug-likeness (QED) is 0.781. The molecule has 0 aromatic carbocycles. The van der Waals surface area contributed by atoms with Crippen molar-refractivity contribution >= 4 is 17.8 Å². The summed E-state index contributed by atoms with van der Waals surface area (Å²) >= 11 is 4.88. The molecule has 0 spiro atoms. The van der Waals surface area contributed by atoms with Crippen molar-refractivity contribution in [3.63, 3.8) is 0 Å². The van der Waals surface area contributed by atoms with Gasteiger partial charge in [-0.2, -0.15) is 0 Å². The topological polar surface area (TPSA) is 65.2 Å². The SMILES string of the molecule is O=C(OCl)c1ncc(-c2cccnc2)o1. The zero-order chi connectivity index (χ0) is 10.7. The van der Waals surface area contributed by atoms with Gasteiger partial charge >= 0.3 is 11.9 Å². The largest absolute Gasteiger partial charge is 0.431 e. The molecular formula is C9H5ClN2O3. The van der Waals surface area contributed by atoms with E-state index >= 15 is 0 Å². The average Bonchev–Trinajstić information content (AvgIpc) is 2.78. The summed E-state index contributed by atoms with van der Waals surface area (Å²) in [6.07, 6.45) is 4.63. The van der Waals surface area contributed by atoms with Gasteiger partial charge in [-0.1, -0.05) is 0 Å². The number of hydrogen-bond donors (Lipinski definition) is 0. The average molecular weight is 225 g/mol. The first-order valence-electron chi connectivity index (χ1n) is 4.00. The minimum absolute atomic E-state index is 0.191. The minimum atomic E-state index is -0.827. The van der Waals surface area contributed by atoms with E-state index < -0.39 is 5.97 Å². The van der Waals surface area contributed by atoms with Gasteiger partial charge in [0.25, 0.3) is 0 Å². The van der Waals surface area contributed by atoms with Crippen LogP contribution in [0, 0.1) is 0 Å². The highest BCUT2D eigenvalue weighted by Crippen LogP contribution is 2.19. The van der Waals surface area contributed by atoms with Gasteiger partial charge in [0.15, 0.2) is 5.76 Å². The Morgan fingerprint density at radius 2 is 2.33 bits per heavy atom. The Labute approximate surface area is 89.8 Å². The number of carbonyl (C=O) groups excluding carboxylic acids is 1. The van der Waals surface area contributed by atoms with Gasteiger partial charge in [0.05, 0.1) is 6.20 Å². The Morgan fingerprint density at radius 1 is 1.47 bits per heavy atom. The normalized spacial score (nSPS) is 9.93. The maximum Gasteiger partial charge on any atom is 0.412 e. The summed E-state index contributed by atoms with van der Waals surface area (Å²) in [7, 11) is 0. The van der Waals surface area contributed by atoms with Crippen molar-refractivity contribution in [2.45, 2.75) is 0 Å². The molecule has 76 valence electrons. The fourth-order valence-electron chi connectivity index (χ4n) is 1.04. The number of rotatable bonds is 2. The Bertz CT molecular complexity index is 469. The second-order valence-electron chi connectivity index (χ2n) is 2.64. The summed E-state index contributed by atoms with van der Waals surface area (Å²) in [4.78, 5) is 18.5. The highest BCUT2D eigenvalue weighted by molar-refractivity contribution is 6.15. The second kappa shape index (κ2) is 4.10. The van der Waals surface area contributed by atoms with Crippen molar-refractivity contribution in [3.8, 4) is 11.3 Å². The summed E-state index contributed by atoms with van der Waals surface area (Å²) in [5, 5.41) is 0. The molecule has 0 N–H and O–H groups in total. The van der Waals surface area contributed by atoms with E-state index in [1.165, 1.54) is 6.20 Å². The molecule has 0 saturated heterocycles. The van der Waals surface area contributed by atoms with E-state index in [0.29, 0.717) is 5.76 Å². The lowest BCUT2D eigenvalue weighted by molar-refractivity contribution is 0.0711. The van der Waals surface area contributed by atoms with Gasteiger partial charge in [-0.3, -0.25) is 4.98 Å². The Hall–Kier alpha value is -1.88. The predicted octanol–water partition coefficient (Wildman–Crippen LogP) is 2.05. The molecular weight excluding hydrogens is 220 g/mol. The molecule has 0 saturated carbocycles. The number of halogens is 1. The molecule has 15 heavy (non-hydrogen) atoms. The molecule has 0 aliphatic carbocycles. The van der Waals surface area contributed by atoms with E-state index in [4.69, 9.17) is 16.3 Å². The Balaban J connectivity index is 2.32. The standard InChI is InChI=1S/C9H5ClN2O3/c10-15-9(13)8-12-5-7(14-8)6-2-1-3-11-4-6/h1-5H. The number of hydrogen-bond acceptors (Lipinski definition) is 5. The van der Waals surface area contributed by atoms with Crippen LogP contribution in [-0.2, 0) is 4.29 Å². The Morgan fingerprint density at radius 3 is 3.00 bits per heavy atom. The lowest BCUT2D eigenvalue weighted by Crippen LogP contribution is -1.96. The van der Waals surface area contributed by atoms with Crippen LogP contribution < -0.4 is 0 Å². The van der Waals surface area contributed by atoms with Crippen LogP contribution in [0.4, 0.5) is 0 Å². The van der Waals surface area contributed by atoms with Crippen molar-refractivity contribution in [2.24, 2.45) is 0 Å². The molecule has 0 unspecified atom stereocenters. The van der Waals surface area contributed by atoms with E-state index in [0.717, 1.165) is 5.56 Å². The van der Waals surface area contributed by atoms with Gasteiger partial charge in [0, 0.05) is 18.0 Å². The molecule has 0 aliphatic heterocycles. The van der Waals surface area contributed by atoms with Crippen molar-refractivity contribution < 1.29 is 13.5 Å². The summed E-state index contributed by atoms with van der Waals surface area (Å²) < 4.78 is 9.06. The maximum absolute atomic E-state index is 10.9. The lowest BCUT2D eigenvalue weighted by atomic mass is 10.2. The summed E-state index contributed by atoms with van der Waals surface area (Å²) in [6, 6.07) is 3.53. The first-order chi connectivity index (χ1) is 7.31. The van der Waals surface area contributed by atoms with Crippen LogP contribution >= 0.6 is 11.9 Å². The third-order valence-corrected chi connectivity index (χ3v) is 1.84. The van der Waals surface area contributed by atoms with E-state index in [9.17, 15) is 4.79 Å². The first-order valence-corrected chi connectivity index (χ1v) is 4.31. The molecule has 2 rings (SSSR count). The fraction of sp³-hybridized carbons (Fsp3) is 0. The van der Waals surface area contributed by atoms with Gasteiger partial charge < -0.3 is 8.71 Å². The molecule has 0 bridgehead atoms. The van der Waals surface area contributed by atoms with Gasteiger partial charge in [-0.15, -0.1) is 0 Å². The fourth-order valence-corrected chi connectivity index (χ4v) is 1.11. The lowest BCUT2D eigenvalue weighted by Gasteiger charge is -1.92. The van der Waals surface area contributed by atoms with E-state index in [-0.39, 0.29) is 5.89 Å². The number of pyridine rings is 1. The second-order valence-corrected chi connectivity index (χ2v) is 2.79. The molecule has 2 aromatic heterocycles. The van der Waals surface area contributed by atoms with Crippen molar-refractivity contribution in [1.82, 2.24) is 9.97 Å². The van der Waals surface area contributed by atoms with Gasteiger partial charge in [0.1, 0.15) is 11.9 Å². The third kappa shape index (κ3) is 1.97. The summed E-state index contributed by atoms with van der Waals surface area (Å²) in [5.74, 6) is -0.587. The molecule has 6 heteroatoms. The summed E-state index contributed by atoms with van der Waals surface area (Å²) in [5.41, 5.74) is 0.721. The maximum atomic E-state index is 10.9. The molecule has 2 heterocycles. The van der Waals surface area contributed by atoms with Crippen LogP contribution in [0.2, 0.25) is 0 Å². The number of carbonyl (C=O) groups is 1. The number of oxazole rings is 1. The molecule has 0 fully saturated rings. The molecule has 0 aliphatic rings. The van der Waals surface area contributed by atoms with Crippen LogP contribution in [0.15, 0.2) is 35.1 Å². The zero-order valence-electron chi connectivity index (χ0n) is 7.38. The zero-order valence-corrected chi connectivity index (χ0v) is 8.14. The van der Waals surface area contributed by atoms with Crippen LogP contribution in [0.5, 0.6) is 0 Å². The minimum Gasteiger partial charge on any atom is -0.431 e. The van der Waals surface area contributed by atoms with Crippen LogP contribution in [0.25, 0.3) is 11.3 Å². The monoisotopic (exact) mass is 224 g/mol. The van der Waals surface area contributed by atoms with Crippen molar-refractivity contribution in [2.75, 3.05) is 0 Å². The number of nitrogens with zero attached hydrogens (tertiary/aromatic N) is 2. The molecule has 5 nitrogen and oxygen atoms in total. The molecule has 0 radical (unpaired) electrons. The van der Waals surface area contributed by atoms with Gasteiger partial charge in [-0.05, 0) is 12.1 Å². The van der Waals surface area contributed by atoms with Crippen LogP contribution in [0.1, 0.15) is 10.7 Å². The third-order valence-electron chi connectivity index (χ3n) is 1.70. The van der Waals surface area contributed by atoms with Crippen molar-refractivity contribution in [1.29, 1.82) is 0 Å². The smallest absolute Gasteiger partial charge is 0.412 e. The molecule has 2 aromatic rings. The van der Waals surface area contributed by atoms with Crippen LogP contribution in [-0.4, -0.2) is 15.9 Å². The Kier molecular flexibility index (Phi) is 2.64. The van der Waals surface area contributed by atoms with E-state index in [1.807, 2.05) is 0 Å². The van der Waals surface area contributed by atoms with Gasteiger partial charge in [-0.25, -0.2) is 9.78 Å². The van der Waals surface area contributed by atoms with E-state index in [1.54, 1.807) is 24.5 Å².